The molecule has 0 bridgehead atoms. The Morgan fingerprint density at radius 1 is 1.11 bits per heavy atom. The van der Waals surface area contributed by atoms with E-state index < -0.39 is 9.05 Å². The van der Waals surface area contributed by atoms with Crippen molar-refractivity contribution in [3.8, 4) is 0 Å². The predicted octanol–water partition coefficient (Wildman–Crippen LogP) is 2.41. The van der Waals surface area contributed by atoms with E-state index in [1.54, 1.807) is 0 Å². The first kappa shape index (κ1) is 16.2. The third-order valence-corrected chi connectivity index (χ3v) is 4.72. The van der Waals surface area contributed by atoms with Crippen molar-refractivity contribution in [2.45, 2.75) is 39.2 Å². The van der Waals surface area contributed by atoms with Crippen LogP contribution in [0, 0.1) is 11.8 Å². The Balaban J connectivity index is 2.01. The third kappa shape index (κ3) is 6.92. The molecule has 1 fully saturated rings. The second-order valence-corrected chi connectivity index (χ2v) is 8.01. The molecule has 0 saturated heterocycles. The number of halogens is 1. The normalized spacial score (nSPS) is 29.4. The Labute approximate surface area is 114 Å². The van der Waals surface area contributed by atoms with E-state index in [-0.39, 0.29) is 12.4 Å². The van der Waals surface area contributed by atoms with Crippen LogP contribution >= 0.6 is 10.7 Å². The van der Waals surface area contributed by atoms with Gasteiger partial charge >= 0.3 is 0 Å². The zero-order chi connectivity index (χ0) is 13.6. The summed E-state index contributed by atoms with van der Waals surface area (Å²) in [7, 11) is 1.62. The average molecular weight is 299 g/mol. The van der Waals surface area contributed by atoms with Gasteiger partial charge < -0.3 is 9.47 Å². The molecular formula is C12H23ClO4S. The highest BCUT2D eigenvalue weighted by molar-refractivity contribution is 8.13. The summed E-state index contributed by atoms with van der Waals surface area (Å²) in [5, 5.41) is 0. The predicted molar refractivity (Wildman–Crippen MR) is 72.4 cm³/mol. The molecule has 18 heavy (non-hydrogen) atoms. The summed E-state index contributed by atoms with van der Waals surface area (Å²) in [4.78, 5) is 0. The first-order valence-corrected chi connectivity index (χ1v) is 8.98. The van der Waals surface area contributed by atoms with Gasteiger partial charge in [0.15, 0.2) is 0 Å². The van der Waals surface area contributed by atoms with Gasteiger partial charge in [-0.2, -0.15) is 0 Å². The smallest absolute Gasteiger partial charge is 0.234 e. The Bertz CT molecular complexity index is 331. The molecule has 0 aromatic carbocycles. The van der Waals surface area contributed by atoms with Crippen LogP contribution in [0.1, 0.15) is 33.1 Å². The Morgan fingerprint density at radius 2 is 1.83 bits per heavy atom. The van der Waals surface area contributed by atoms with Crippen molar-refractivity contribution in [1.29, 1.82) is 0 Å². The van der Waals surface area contributed by atoms with Crippen molar-refractivity contribution in [2.75, 3.05) is 25.6 Å². The fourth-order valence-electron chi connectivity index (χ4n) is 2.18. The molecule has 1 saturated carbocycles. The topological polar surface area (TPSA) is 52.6 Å². The maximum atomic E-state index is 10.6. The lowest BCUT2D eigenvalue weighted by molar-refractivity contribution is -0.0245. The molecule has 1 aliphatic rings. The highest BCUT2D eigenvalue weighted by atomic mass is 35.7. The maximum Gasteiger partial charge on any atom is 0.234 e. The SMILES string of the molecule is CC1CCC(OCCOCCS(=O)(=O)Cl)CC1C. The van der Waals surface area contributed by atoms with Gasteiger partial charge in [0.2, 0.25) is 9.05 Å². The average Bonchev–Trinajstić information content (AvgIpc) is 2.26. The third-order valence-electron chi connectivity index (χ3n) is 3.60. The van der Waals surface area contributed by atoms with E-state index in [4.69, 9.17) is 20.2 Å². The fraction of sp³-hybridized carbons (Fsp3) is 1.00. The van der Waals surface area contributed by atoms with E-state index in [0.29, 0.717) is 25.2 Å². The fourth-order valence-corrected chi connectivity index (χ4v) is 2.69. The summed E-state index contributed by atoms with van der Waals surface area (Å²) in [5.74, 6) is 1.35. The first-order chi connectivity index (χ1) is 8.38. The van der Waals surface area contributed by atoms with Crippen LogP contribution in [0.4, 0.5) is 0 Å². The molecule has 0 amide bonds. The highest BCUT2D eigenvalue weighted by Gasteiger charge is 2.24. The lowest BCUT2D eigenvalue weighted by Crippen LogP contribution is -2.27. The van der Waals surface area contributed by atoms with Crippen LogP contribution in [0.2, 0.25) is 0 Å². The molecule has 108 valence electrons. The molecule has 3 atom stereocenters. The minimum absolute atomic E-state index is 0.132. The Kier molecular flexibility index (Phi) is 6.92. The molecule has 0 aromatic rings. The quantitative estimate of drug-likeness (QED) is 0.535. The van der Waals surface area contributed by atoms with Gasteiger partial charge in [0.1, 0.15) is 0 Å². The monoisotopic (exact) mass is 298 g/mol. The van der Waals surface area contributed by atoms with Crippen molar-refractivity contribution >= 4 is 19.7 Å². The van der Waals surface area contributed by atoms with Crippen LogP contribution in [0.25, 0.3) is 0 Å². The molecule has 6 heteroatoms. The highest BCUT2D eigenvalue weighted by Crippen LogP contribution is 2.30. The molecule has 0 aliphatic heterocycles. The van der Waals surface area contributed by atoms with Gasteiger partial charge in [0.05, 0.1) is 31.7 Å². The van der Waals surface area contributed by atoms with Gasteiger partial charge in [0, 0.05) is 10.7 Å². The van der Waals surface area contributed by atoms with E-state index in [0.717, 1.165) is 18.8 Å². The number of hydrogen-bond acceptors (Lipinski definition) is 4. The van der Waals surface area contributed by atoms with Crippen molar-refractivity contribution in [3.63, 3.8) is 0 Å². The Hall–Kier alpha value is 0.160. The largest absolute Gasteiger partial charge is 0.378 e. The second kappa shape index (κ2) is 7.68. The number of ether oxygens (including phenoxy) is 2. The summed E-state index contributed by atoms with van der Waals surface area (Å²) < 4.78 is 32.2. The second-order valence-electron chi connectivity index (χ2n) is 5.12. The minimum Gasteiger partial charge on any atom is -0.378 e. The van der Waals surface area contributed by atoms with Crippen LogP contribution in [-0.4, -0.2) is 40.1 Å². The van der Waals surface area contributed by atoms with E-state index in [9.17, 15) is 8.42 Å². The molecule has 0 aromatic heterocycles. The minimum atomic E-state index is -3.44. The van der Waals surface area contributed by atoms with Gasteiger partial charge in [-0.1, -0.05) is 13.8 Å². The van der Waals surface area contributed by atoms with Gasteiger partial charge in [-0.05, 0) is 31.1 Å². The van der Waals surface area contributed by atoms with E-state index in [2.05, 4.69) is 13.8 Å². The zero-order valence-electron chi connectivity index (χ0n) is 11.1. The van der Waals surface area contributed by atoms with Crippen LogP contribution in [0.15, 0.2) is 0 Å². The summed E-state index contributed by atoms with van der Waals surface area (Å²) in [6.07, 6.45) is 3.77. The van der Waals surface area contributed by atoms with Crippen LogP contribution in [0.5, 0.6) is 0 Å². The first-order valence-electron chi connectivity index (χ1n) is 6.50. The van der Waals surface area contributed by atoms with Crippen LogP contribution < -0.4 is 0 Å². The number of rotatable bonds is 7. The van der Waals surface area contributed by atoms with Gasteiger partial charge in [-0.25, -0.2) is 8.42 Å². The molecule has 0 radical (unpaired) electrons. The van der Waals surface area contributed by atoms with Crippen LogP contribution in [0.3, 0.4) is 0 Å². The van der Waals surface area contributed by atoms with Gasteiger partial charge in [0.25, 0.3) is 0 Å². The maximum absolute atomic E-state index is 10.6. The van der Waals surface area contributed by atoms with Gasteiger partial charge in [-0.3, -0.25) is 0 Å². The summed E-state index contributed by atoms with van der Waals surface area (Å²) >= 11 is 0. The lowest BCUT2D eigenvalue weighted by Gasteiger charge is -2.31. The molecule has 3 unspecified atom stereocenters. The Morgan fingerprint density at radius 3 is 2.44 bits per heavy atom. The van der Waals surface area contributed by atoms with Crippen molar-refractivity contribution in [2.24, 2.45) is 11.8 Å². The molecule has 0 N–H and O–H groups in total. The standard InChI is InChI=1S/C12H23ClO4S/c1-10-3-4-12(9-11(10)2)17-6-5-16-7-8-18(13,14)15/h10-12H,3-9H2,1-2H3. The summed E-state index contributed by atoms with van der Waals surface area (Å²) in [5.41, 5.74) is 0. The molecule has 1 rings (SSSR count). The molecule has 4 nitrogen and oxygen atoms in total. The molecular weight excluding hydrogens is 276 g/mol. The van der Waals surface area contributed by atoms with E-state index >= 15 is 0 Å². The van der Waals surface area contributed by atoms with E-state index in [1.165, 1.54) is 6.42 Å². The summed E-state index contributed by atoms with van der Waals surface area (Å²) in [6.45, 7) is 5.63. The van der Waals surface area contributed by atoms with Crippen molar-refractivity contribution < 1.29 is 17.9 Å². The molecule has 1 aliphatic carbocycles. The van der Waals surface area contributed by atoms with Crippen molar-refractivity contribution in [3.05, 3.63) is 0 Å². The number of hydrogen-bond donors (Lipinski definition) is 0. The summed E-state index contributed by atoms with van der Waals surface area (Å²) in [6, 6.07) is 0. The molecule has 0 heterocycles. The van der Waals surface area contributed by atoms with E-state index in [1.807, 2.05) is 0 Å². The zero-order valence-corrected chi connectivity index (χ0v) is 12.7. The van der Waals surface area contributed by atoms with Crippen LogP contribution in [-0.2, 0) is 18.5 Å². The van der Waals surface area contributed by atoms with Crippen molar-refractivity contribution in [1.82, 2.24) is 0 Å². The molecule has 0 spiro atoms. The lowest BCUT2D eigenvalue weighted by atomic mass is 9.80. The van der Waals surface area contributed by atoms with Gasteiger partial charge in [-0.15, -0.1) is 0 Å².